The summed E-state index contributed by atoms with van der Waals surface area (Å²) < 4.78 is 5.85. The molecular weight excluding hydrogens is 328 g/mol. The fourth-order valence-electron chi connectivity index (χ4n) is 1.62. The molecule has 0 spiro atoms. The number of nitrogens with one attached hydrogen (secondary N) is 1. The van der Waals surface area contributed by atoms with Crippen molar-refractivity contribution in [2.24, 2.45) is 5.73 Å². The third-order valence-corrected chi connectivity index (χ3v) is 3.54. The number of benzene rings is 1. The van der Waals surface area contributed by atoms with Crippen molar-refractivity contribution in [3.63, 3.8) is 0 Å². The van der Waals surface area contributed by atoms with E-state index in [4.69, 9.17) is 22.7 Å². The van der Waals surface area contributed by atoms with Gasteiger partial charge in [-0.15, -0.1) is 0 Å². The van der Waals surface area contributed by atoms with Crippen molar-refractivity contribution in [3.05, 3.63) is 28.2 Å². The fraction of sp³-hybridized carbons (Fsp3) is 0.385. The highest BCUT2D eigenvalue weighted by molar-refractivity contribution is 9.10. The lowest BCUT2D eigenvalue weighted by Gasteiger charge is -2.16. The number of halogens is 1. The molecule has 0 heterocycles. The van der Waals surface area contributed by atoms with Crippen LogP contribution in [0.4, 0.5) is 0 Å². The maximum Gasteiger partial charge on any atom is 0.251 e. The molecule has 0 saturated heterocycles. The van der Waals surface area contributed by atoms with Gasteiger partial charge in [0.25, 0.3) is 5.91 Å². The van der Waals surface area contributed by atoms with Gasteiger partial charge in [-0.3, -0.25) is 4.79 Å². The molecule has 1 unspecified atom stereocenters. The largest absolute Gasteiger partial charge is 0.496 e. The van der Waals surface area contributed by atoms with Crippen molar-refractivity contribution < 1.29 is 9.53 Å². The van der Waals surface area contributed by atoms with Crippen molar-refractivity contribution in [3.8, 4) is 5.75 Å². The lowest BCUT2D eigenvalue weighted by atomic mass is 10.1. The number of hydrogen-bond acceptors (Lipinski definition) is 3. The molecule has 1 aromatic rings. The van der Waals surface area contributed by atoms with Crippen LogP contribution in [0.5, 0.6) is 5.75 Å². The van der Waals surface area contributed by atoms with Gasteiger partial charge in [0.1, 0.15) is 5.75 Å². The molecule has 3 N–H and O–H groups in total. The maximum atomic E-state index is 12.1. The predicted octanol–water partition coefficient (Wildman–Crippen LogP) is 2.64. The van der Waals surface area contributed by atoms with E-state index in [0.717, 1.165) is 17.3 Å². The van der Waals surface area contributed by atoms with Gasteiger partial charge < -0.3 is 15.8 Å². The zero-order chi connectivity index (χ0) is 14.4. The highest BCUT2D eigenvalue weighted by atomic mass is 79.9. The smallest absolute Gasteiger partial charge is 0.251 e. The molecule has 0 aliphatic heterocycles. The predicted molar refractivity (Wildman–Crippen MR) is 83.6 cm³/mol. The van der Waals surface area contributed by atoms with Crippen LogP contribution in [-0.4, -0.2) is 24.0 Å². The highest BCUT2D eigenvalue weighted by Gasteiger charge is 2.16. The molecule has 1 rings (SSSR count). The molecule has 0 fully saturated rings. The molecule has 1 aromatic carbocycles. The number of carbonyl (C=O) groups excluding carboxylic acids is 1. The number of amides is 1. The van der Waals surface area contributed by atoms with E-state index in [0.29, 0.717) is 16.3 Å². The maximum absolute atomic E-state index is 12.1. The Morgan fingerprint density at radius 2 is 2.26 bits per heavy atom. The Kier molecular flexibility index (Phi) is 6.24. The minimum absolute atomic E-state index is 0.199. The van der Waals surface area contributed by atoms with Crippen LogP contribution in [0.3, 0.4) is 0 Å². The van der Waals surface area contributed by atoms with Crippen LogP contribution in [0.1, 0.15) is 30.1 Å². The molecule has 19 heavy (non-hydrogen) atoms. The lowest BCUT2D eigenvalue weighted by molar-refractivity contribution is 0.0945. The summed E-state index contributed by atoms with van der Waals surface area (Å²) in [5, 5.41) is 2.83. The van der Waals surface area contributed by atoms with Gasteiger partial charge >= 0.3 is 0 Å². The van der Waals surface area contributed by atoms with Gasteiger partial charge in [-0.1, -0.05) is 25.6 Å². The first kappa shape index (κ1) is 15.9. The number of rotatable bonds is 6. The number of hydrogen-bond donors (Lipinski definition) is 2. The van der Waals surface area contributed by atoms with E-state index in [-0.39, 0.29) is 11.9 Å². The van der Waals surface area contributed by atoms with Crippen LogP contribution in [-0.2, 0) is 0 Å². The monoisotopic (exact) mass is 344 g/mol. The van der Waals surface area contributed by atoms with E-state index < -0.39 is 0 Å². The minimum Gasteiger partial charge on any atom is -0.496 e. The van der Waals surface area contributed by atoms with Gasteiger partial charge in [-0.25, -0.2) is 0 Å². The standard InChI is InChI=1S/C13H17BrN2O2S/c1-3-4-10(12(15)19)16-13(17)8-5-6-11(18-2)9(14)7-8/h5-7,10H,3-4H2,1-2H3,(H2,15,19)(H,16,17). The Balaban J connectivity index is 2.82. The van der Waals surface area contributed by atoms with Crippen molar-refractivity contribution in [1.82, 2.24) is 5.32 Å². The first-order chi connectivity index (χ1) is 8.99. The van der Waals surface area contributed by atoms with Crippen molar-refractivity contribution in [2.45, 2.75) is 25.8 Å². The van der Waals surface area contributed by atoms with Gasteiger partial charge in [0.15, 0.2) is 0 Å². The van der Waals surface area contributed by atoms with E-state index in [1.54, 1.807) is 25.3 Å². The molecule has 6 heteroatoms. The van der Waals surface area contributed by atoms with E-state index in [9.17, 15) is 4.79 Å². The summed E-state index contributed by atoms with van der Waals surface area (Å²) in [6.07, 6.45) is 1.63. The first-order valence-corrected chi connectivity index (χ1v) is 7.13. The Morgan fingerprint density at radius 1 is 1.58 bits per heavy atom. The summed E-state index contributed by atoms with van der Waals surface area (Å²) in [6.45, 7) is 2.02. The number of methoxy groups -OCH3 is 1. The van der Waals surface area contributed by atoms with Crippen LogP contribution >= 0.6 is 28.1 Å². The second-order valence-corrected chi connectivity index (χ2v) is 5.39. The average molecular weight is 345 g/mol. The normalized spacial score (nSPS) is 11.7. The molecular formula is C13H17BrN2O2S. The molecule has 0 radical (unpaired) electrons. The molecule has 0 saturated carbocycles. The van der Waals surface area contributed by atoms with E-state index in [2.05, 4.69) is 21.2 Å². The fourth-order valence-corrected chi connectivity index (χ4v) is 2.34. The Hall–Kier alpha value is -1.14. The summed E-state index contributed by atoms with van der Waals surface area (Å²) in [6, 6.07) is 4.86. The second-order valence-electron chi connectivity index (χ2n) is 4.07. The van der Waals surface area contributed by atoms with Crippen molar-refractivity contribution in [2.75, 3.05) is 7.11 Å². The topological polar surface area (TPSA) is 64.3 Å². The third kappa shape index (κ3) is 4.47. The van der Waals surface area contributed by atoms with Crippen LogP contribution in [0.15, 0.2) is 22.7 Å². The Labute approximate surface area is 126 Å². The van der Waals surface area contributed by atoms with Crippen molar-refractivity contribution in [1.29, 1.82) is 0 Å². The summed E-state index contributed by atoms with van der Waals surface area (Å²) in [5.41, 5.74) is 6.14. The summed E-state index contributed by atoms with van der Waals surface area (Å²) in [7, 11) is 1.57. The van der Waals surface area contributed by atoms with Gasteiger partial charge in [0.05, 0.1) is 22.6 Å². The molecule has 0 aliphatic carbocycles. The zero-order valence-corrected chi connectivity index (χ0v) is 13.3. The quantitative estimate of drug-likeness (QED) is 0.778. The molecule has 0 aromatic heterocycles. The molecule has 1 atom stereocenters. The third-order valence-electron chi connectivity index (χ3n) is 2.64. The van der Waals surface area contributed by atoms with Gasteiger partial charge in [-0.05, 0) is 40.5 Å². The van der Waals surface area contributed by atoms with Crippen LogP contribution in [0.25, 0.3) is 0 Å². The average Bonchev–Trinajstić information content (AvgIpc) is 2.37. The summed E-state index contributed by atoms with van der Waals surface area (Å²) >= 11 is 8.30. The molecule has 1 amide bonds. The van der Waals surface area contributed by atoms with E-state index in [1.165, 1.54) is 0 Å². The number of thiocarbonyl (C=S) groups is 1. The molecule has 0 aliphatic rings. The Bertz CT molecular complexity index is 480. The zero-order valence-electron chi connectivity index (χ0n) is 10.9. The highest BCUT2D eigenvalue weighted by Crippen LogP contribution is 2.25. The first-order valence-electron chi connectivity index (χ1n) is 5.93. The SMILES string of the molecule is CCCC(NC(=O)c1ccc(OC)c(Br)c1)C(N)=S. The second kappa shape index (κ2) is 7.45. The van der Waals surface area contributed by atoms with Gasteiger partial charge in [0.2, 0.25) is 0 Å². The Morgan fingerprint density at radius 3 is 2.74 bits per heavy atom. The van der Waals surface area contributed by atoms with Crippen LogP contribution in [0.2, 0.25) is 0 Å². The van der Waals surface area contributed by atoms with Crippen LogP contribution < -0.4 is 15.8 Å². The minimum atomic E-state index is -0.270. The van der Waals surface area contributed by atoms with Crippen molar-refractivity contribution >= 4 is 39.0 Å². The number of carbonyl (C=O) groups is 1. The number of nitrogens with two attached hydrogens (primary N) is 1. The number of ether oxygens (including phenoxy) is 1. The molecule has 104 valence electrons. The van der Waals surface area contributed by atoms with Crippen LogP contribution in [0, 0.1) is 0 Å². The lowest BCUT2D eigenvalue weighted by Crippen LogP contribution is -2.43. The molecule has 0 bridgehead atoms. The molecule has 4 nitrogen and oxygen atoms in total. The van der Waals surface area contributed by atoms with Gasteiger partial charge in [-0.2, -0.15) is 0 Å². The van der Waals surface area contributed by atoms with E-state index in [1.807, 2.05) is 6.92 Å². The summed E-state index contributed by atoms with van der Waals surface area (Å²) in [4.78, 5) is 12.4. The van der Waals surface area contributed by atoms with Gasteiger partial charge in [0, 0.05) is 5.56 Å². The summed E-state index contributed by atoms with van der Waals surface area (Å²) in [5.74, 6) is 0.477. The van der Waals surface area contributed by atoms with E-state index >= 15 is 0 Å².